The number of carbonyl (C=O) groups excluding carboxylic acids is 1. The van der Waals surface area contributed by atoms with Gasteiger partial charge in [-0.05, 0) is 11.6 Å². The van der Waals surface area contributed by atoms with Crippen molar-refractivity contribution in [2.75, 3.05) is 11.5 Å². The van der Waals surface area contributed by atoms with Crippen molar-refractivity contribution in [3.8, 4) is 17.2 Å². The average molecular weight is 489 g/mol. The van der Waals surface area contributed by atoms with Crippen molar-refractivity contribution in [1.29, 1.82) is 0 Å². The minimum absolute atomic E-state index is 0.0178. The Morgan fingerprint density at radius 2 is 2.09 bits per heavy atom. The van der Waals surface area contributed by atoms with Gasteiger partial charge < -0.3 is 15.3 Å². The summed E-state index contributed by atoms with van der Waals surface area (Å²) in [6, 6.07) is 6.89. The first-order chi connectivity index (χ1) is 15.5. The number of β-lactam (4-membered cyclic amide) rings is 1. The van der Waals surface area contributed by atoms with Crippen molar-refractivity contribution < 1.29 is 19.6 Å². The van der Waals surface area contributed by atoms with Gasteiger partial charge in [0.2, 0.25) is 11.6 Å². The molecule has 3 aromatic rings. The van der Waals surface area contributed by atoms with Gasteiger partial charge in [0.1, 0.15) is 0 Å². The lowest BCUT2D eigenvalue weighted by Gasteiger charge is -2.49. The van der Waals surface area contributed by atoms with E-state index in [1.54, 1.807) is 39.1 Å². The van der Waals surface area contributed by atoms with Crippen LogP contribution < -0.4 is 9.67 Å². The fourth-order valence-electron chi connectivity index (χ4n) is 3.69. The number of phenolic OH excluding ortho intramolecular Hbond substituents is 2. The molecule has 2 N–H and O–H groups in total. The minimum Gasteiger partial charge on any atom is -0.504 e. The number of fused-ring (bicyclic) bond motifs is 1. The molecule has 0 spiro atoms. The molecule has 0 unspecified atom stereocenters. The molecule has 9 nitrogen and oxygen atoms in total. The Balaban J connectivity index is 1.37. The summed E-state index contributed by atoms with van der Waals surface area (Å²) in [5, 5.41) is 34.8. The minimum atomic E-state index is -0.351. The van der Waals surface area contributed by atoms with Crippen LogP contribution in [0.5, 0.6) is 11.5 Å². The van der Waals surface area contributed by atoms with Crippen molar-refractivity contribution in [1.82, 2.24) is 25.5 Å². The first kappa shape index (κ1) is 21.1. The quantitative estimate of drug-likeness (QED) is 0.241. The van der Waals surface area contributed by atoms with E-state index in [1.165, 1.54) is 6.07 Å². The van der Waals surface area contributed by atoms with E-state index in [1.807, 2.05) is 31.5 Å². The number of tetrazole rings is 1. The van der Waals surface area contributed by atoms with Crippen LogP contribution in [-0.2, 0) is 4.79 Å². The van der Waals surface area contributed by atoms with Gasteiger partial charge in [-0.25, -0.2) is 0 Å². The molecule has 32 heavy (non-hydrogen) atoms. The summed E-state index contributed by atoms with van der Waals surface area (Å²) in [7, 11) is 0. The monoisotopic (exact) mass is 488 g/mol. The highest BCUT2D eigenvalue weighted by Gasteiger charge is 2.49. The van der Waals surface area contributed by atoms with Gasteiger partial charge in [-0.2, -0.15) is 9.78 Å². The number of thioether (sulfide) groups is 2. The molecule has 2 aliphatic heterocycles. The number of aromatic nitrogens is 5. The summed E-state index contributed by atoms with van der Waals surface area (Å²) in [6.07, 6.45) is 3.66. The SMILES string of the molecule is C[C@@H]1C(=O)N2C(c3nnn[n-]3)=C(CSc3cc[n+](-c4ccc(O)c(O)c4Cl)cc3)CS[C@H]12. The first-order valence-electron chi connectivity index (χ1n) is 9.66. The van der Waals surface area contributed by atoms with E-state index in [9.17, 15) is 15.0 Å². The van der Waals surface area contributed by atoms with Crippen LogP contribution in [0.2, 0.25) is 5.02 Å². The van der Waals surface area contributed by atoms with Crippen molar-refractivity contribution in [2.45, 2.75) is 17.2 Å². The molecule has 0 bridgehead atoms. The van der Waals surface area contributed by atoms with Gasteiger partial charge in [-0.1, -0.05) is 18.5 Å². The Kier molecular flexibility index (Phi) is 5.48. The highest BCUT2D eigenvalue weighted by atomic mass is 35.5. The van der Waals surface area contributed by atoms with Crippen molar-refractivity contribution in [2.24, 2.45) is 5.92 Å². The lowest BCUT2D eigenvalue weighted by atomic mass is 9.98. The fourth-order valence-corrected chi connectivity index (χ4v) is 6.34. The number of benzene rings is 1. The number of carbonyl (C=O) groups is 1. The number of pyridine rings is 1. The zero-order valence-electron chi connectivity index (χ0n) is 16.7. The molecule has 0 saturated carbocycles. The second kappa shape index (κ2) is 8.30. The van der Waals surface area contributed by atoms with Crippen LogP contribution in [0.25, 0.3) is 11.4 Å². The zero-order valence-corrected chi connectivity index (χ0v) is 19.1. The first-order valence-corrected chi connectivity index (χ1v) is 12.1. The molecule has 0 radical (unpaired) electrons. The van der Waals surface area contributed by atoms with Crippen molar-refractivity contribution >= 4 is 46.7 Å². The summed E-state index contributed by atoms with van der Waals surface area (Å²) < 4.78 is 1.76. The van der Waals surface area contributed by atoms with Gasteiger partial charge in [-0.3, -0.25) is 20.0 Å². The maximum Gasteiger partial charge on any atom is 0.233 e. The number of phenols is 2. The standard InChI is InChI=1S/C20H17ClN6O3S2/c1-10-19(30)27-16(18-22-24-25-23-18)11(9-32-20(10)27)8-31-12-4-6-26(7-5-12)13-2-3-14(28)17(29)15(13)21/h2-7,10,20H,8-9H2,1H3,(H2-,22,23,24,25,28,29)/t10-,20-/m1/s1. The van der Waals surface area contributed by atoms with Gasteiger partial charge in [0.05, 0.1) is 22.8 Å². The van der Waals surface area contributed by atoms with Crippen molar-refractivity contribution in [3.63, 3.8) is 0 Å². The highest BCUT2D eigenvalue weighted by Crippen LogP contribution is 2.46. The number of nitrogens with zero attached hydrogens (tertiary/aromatic N) is 6. The van der Waals surface area contributed by atoms with E-state index >= 15 is 0 Å². The van der Waals surface area contributed by atoms with Crippen LogP contribution >= 0.6 is 35.1 Å². The molecule has 1 amide bonds. The number of hydrogen-bond acceptors (Lipinski definition) is 8. The molecular weight excluding hydrogens is 472 g/mol. The van der Waals surface area contributed by atoms with E-state index in [0.717, 1.165) is 21.9 Å². The summed E-state index contributed by atoms with van der Waals surface area (Å²) in [6.45, 7) is 1.94. The zero-order chi connectivity index (χ0) is 22.4. The fraction of sp³-hybridized carbons (Fsp3) is 0.250. The molecule has 5 rings (SSSR count). The maximum atomic E-state index is 12.5. The molecule has 2 atom stereocenters. The van der Waals surface area contributed by atoms with Gasteiger partial charge in [0.25, 0.3) is 0 Å². The van der Waals surface area contributed by atoms with Crippen molar-refractivity contribution in [3.05, 3.63) is 53.1 Å². The second-order valence-corrected chi connectivity index (χ2v) is 9.88. The van der Waals surface area contributed by atoms with E-state index in [-0.39, 0.29) is 33.7 Å². The maximum absolute atomic E-state index is 12.5. The molecule has 164 valence electrons. The number of rotatable bonds is 5. The van der Waals surface area contributed by atoms with Gasteiger partial charge in [0, 0.05) is 34.6 Å². The lowest BCUT2D eigenvalue weighted by Crippen LogP contribution is -2.58. The Morgan fingerprint density at radius 3 is 2.81 bits per heavy atom. The van der Waals surface area contributed by atoms with Crippen LogP contribution in [0.4, 0.5) is 0 Å². The highest BCUT2D eigenvalue weighted by molar-refractivity contribution is 8.01. The molecule has 2 aromatic heterocycles. The lowest BCUT2D eigenvalue weighted by molar-refractivity contribution is -0.596. The largest absolute Gasteiger partial charge is 0.504 e. The number of aromatic hydroxyl groups is 2. The van der Waals surface area contributed by atoms with Gasteiger partial charge in [0.15, 0.2) is 28.9 Å². The van der Waals surface area contributed by atoms with Crippen LogP contribution in [0.1, 0.15) is 12.7 Å². The van der Waals surface area contributed by atoms with Crippen LogP contribution in [0.15, 0.2) is 47.1 Å². The molecule has 1 fully saturated rings. The van der Waals surface area contributed by atoms with E-state index in [4.69, 9.17) is 11.6 Å². The third-order valence-electron chi connectivity index (χ3n) is 5.41. The normalized spacial score (nSPS) is 20.3. The number of amides is 1. The molecular formula is C20H17ClN6O3S2. The van der Waals surface area contributed by atoms with Crippen LogP contribution in [0, 0.1) is 5.92 Å². The molecule has 0 aliphatic carbocycles. The average Bonchev–Trinajstić information content (AvgIpc) is 3.35. The summed E-state index contributed by atoms with van der Waals surface area (Å²) in [5.74, 6) is 1.26. The predicted octanol–water partition coefficient (Wildman–Crippen LogP) is 2.22. The third-order valence-corrected chi connectivity index (χ3v) is 8.36. The van der Waals surface area contributed by atoms with Gasteiger partial charge >= 0.3 is 0 Å². The Labute approximate surface area is 196 Å². The molecule has 12 heteroatoms. The third kappa shape index (κ3) is 3.50. The second-order valence-electron chi connectivity index (χ2n) is 7.35. The Morgan fingerprint density at radius 1 is 1.31 bits per heavy atom. The summed E-state index contributed by atoms with van der Waals surface area (Å²) >= 11 is 9.53. The van der Waals surface area contributed by atoms with E-state index < -0.39 is 0 Å². The van der Waals surface area contributed by atoms with E-state index in [0.29, 0.717) is 17.3 Å². The number of hydrogen-bond donors (Lipinski definition) is 2. The topological polar surface area (TPSA) is 117 Å². The number of halogens is 1. The molecule has 1 aromatic carbocycles. The molecule has 2 aliphatic rings. The Bertz CT molecular complexity index is 1220. The summed E-state index contributed by atoms with van der Waals surface area (Å²) in [4.78, 5) is 15.3. The predicted molar refractivity (Wildman–Crippen MR) is 119 cm³/mol. The van der Waals surface area contributed by atoms with E-state index in [2.05, 4.69) is 20.6 Å². The molecule has 1 saturated heterocycles. The van der Waals surface area contributed by atoms with Crippen LogP contribution in [-0.4, -0.2) is 53.4 Å². The Hall–Kier alpha value is -2.76. The summed E-state index contributed by atoms with van der Waals surface area (Å²) in [5.41, 5.74) is 2.35. The van der Waals surface area contributed by atoms with Gasteiger partial charge in [-0.15, -0.1) is 23.5 Å². The molecule has 4 heterocycles. The van der Waals surface area contributed by atoms with Crippen LogP contribution in [0.3, 0.4) is 0 Å². The smallest absolute Gasteiger partial charge is 0.233 e.